The number of hydrogen-bond acceptors (Lipinski definition) is 2. The Morgan fingerprint density at radius 3 is 1.79 bits per heavy atom. The van der Waals surface area contributed by atoms with E-state index in [0.29, 0.717) is 0 Å². The third kappa shape index (κ3) is 1.96. The van der Waals surface area contributed by atoms with Gasteiger partial charge >= 0.3 is 142 Å². The summed E-state index contributed by atoms with van der Waals surface area (Å²) in [5.74, 6) is 0. The fourth-order valence-corrected chi connectivity index (χ4v) is 9.77. The predicted octanol–water partition coefficient (Wildman–Crippen LogP) is 5.14. The summed E-state index contributed by atoms with van der Waals surface area (Å²) < 4.78 is 1.33. The Morgan fingerprint density at radius 2 is 1.42 bits per heavy atom. The Balaban J connectivity index is 2.56. The number of halogens is 6. The molecule has 0 amide bonds. The van der Waals surface area contributed by atoms with Crippen LogP contribution in [0.3, 0.4) is 0 Å². The summed E-state index contributed by atoms with van der Waals surface area (Å²) in [6.07, 6.45) is 0. The average molecular weight is 403 g/mol. The molecular formula is C10H11Cl6N2P. The van der Waals surface area contributed by atoms with Crippen molar-refractivity contribution in [1.82, 2.24) is 9.34 Å². The summed E-state index contributed by atoms with van der Waals surface area (Å²) in [4.78, 5) is 0. The van der Waals surface area contributed by atoms with Crippen LogP contribution in [0.25, 0.3) is 0 Å². The molecule has 0 aliphatic carbocycles. The van der Waals surface area contributed by atoms with Crippen LogP contribution in [0, 0.1) is 0 Å². The fraction of sp³-hybridized carbons (Fsp3) is 0.400. The topological polar surface area (TPSA) is 6.48 Å². The van der Waals surface area contributed by atoms with Crippen molar-refractivity contribution in [3.8, 4) is 0 Å². The molecule has 0 bridgehead atoms. The van der Waals surface area contributed by atoms with E-state index in [1.807, 2.05) is 30.3 Å². The van der Waals surface area contributed by atoms with Crippen LogP contribution in [0.1, 0.15) is 0 Å². The van der Waals surface area contributed by atoms with Gasteiger partial charge in [0.25, 0.3) is 0 Å². The minimum absolute atomic E-state index is 0.743. The number of nitrogens with zero attached hydrogens (tertiary/aromatic N) is 2. The maximum absolute atomic E-state index is 6.77. The summed E-state index contributed by atoms with van der Waals surface area (Å²) in [7, 11) is 3.30. The van der Waals surface area contributed by atoms with Crippen LogP contribution in [-0.2, 0) is 0 Å². The summed E-state index contributed by atoms with van der Waals surface area (Å²) in [5, 5.41) is -0.651. The Kier molecular flexibility index (Phi) is 4.08. The molecule has 108 valence electrons. The summed E-state index contributed by atoms with van der Waals surface area (Å²) in [6.45, 7) is 0. The van der Waals surface area contributed by atoms with E-state index in [-0.39, 0.29) is 0 Å². The summed E-state index contributed by atoms with van der Waals surface area (Å²) in [6, 6.07) is 9.23. The van der Waals surface area contributed by atoms with Crippen molar-refractivity contribution >= 4 is 79.8 Å². The van der Waals surface area contributed by atoms with Crippen LogP contribution >= 0.6 is 74.5 Å². The van der Waals surface area contributed by atoms with E-state index in [2.05, 4.69) is 0 Å². The zero-order chi connectivity index (χ0) is 14.7. The quantitative estimate of drug-likeness (QED) is 0.364. The van der Waals surface area contributed by atoms with E-state index >= 15 is 0 Å². The molecule has 1 aliphatic rings. The minimum atomic E-state index is -3.59. The van der Waals surface area contributed by atoms with Gasteiger partial charge in [0.1, 0.15) is 0 Å². The van der Waals surface area contributed by atoms with Crippen molar-refractivity contribution in [1.29, 1.82) is 0 Å². The first kappa shape index (κ1) is 16.7. The van der Waals surface area contributed by atoms with Gasteiger partial charge in [-0.15, -0.1) is 0 Å². The molecule has 1 heterocycles. The molecule has 0 saturated carbocycles. The second-order valence-corrected chi connectivity index (χ2v) is 14.8. The number of benzene rings is 1. The first-order valence-electron chi connectivity index (χ1n) is 5.22. The first-order chi connectivity index (χ1) is 8.47. The second-order valence-electron chi connectivity index (χ2n) is 4.29. The van der Waals surface area contributed by atoms with Gasteiger partial charge in [0.05, 0.1) is 0 Å². The van der Waals surface area contributed by atoms with Gasteiger partial charge in [0.2, 0.25) is 0 Å². The van der Waals surface area contributed by atoms with Gasteiger partial charge in [-0.25, -0.2) is 0 Å². The third-order valence-corrected chi connectivity index (χ3v) is 13.2. The zero-order valence-corrected chi connectivity index (χ0v) is 15.4. The van der Waals surface area contributed by atoms with Crippen molar-refractivity contribution < 1.29 is 0 Å². The number of hydrogen-bond donors (Lipinski definition) is 0. The third-order valence-electron chi connectivity index (χ3n) is 3.42. The number of alkyl halides is 4. The molecule has 9 heteroatoms. The van der Waals surface area contributed by atoms with Crippen molar-refractivity contribution in [2.45, 2.75) is 8.91 Å². The van der Waals surface area contributed by atoms with Crippen LogP contribution in [-0.4, -0.2) is 32.4 Å². The molecule has 2 nitrogen and oxygen atoms in total. The van der Waals surface area contributed by atoms with Crippen LogP contribution in [0.5, 0.6) is 0 Å². The molecular weight excluding hydrogens is 392 g/mol. The Hall–Kier alpha value is 1.31. The SMILES string of the molecule is CN1C(Cl)(C(Cl)(Cl)Cl)N(C)P1(Cl)(Cl)c1ccccc1. The van der Waals surface area contributed by atoms with Crippen LogP contribution < -0.4 is 5.30 Å². The molecule has 0 atom stereocenters. The maximum atomic E-state index is 6.77. The van der Waals surface area contributed by atoms with Gasteiger partial charge in [0, 0.05) is 0 Å². The first-order valence-corrected chi connectivity index (χ1v) is 10.7. The Bertz CT molecular complexity index is 488. The molecule has 2 rings (SSSR count). The summed E-state index contributed by atoms with van der Waals surface area (Å²) in [5.41, 5.74) is -3.59. The van der Waals surface area contributed by atoms with Crippen molar-refractivity contribution in [2.24, 2.45) is 0 Å². The van der Waals surface area contributed by atoms with Gasteiger partial charge in [-0.3, -0.25) is 0 Å². The number of rotatable bonds is 1. The zero-order valence-electron chi connectivity index (χ0n) is 10.00. The van der Waals surface area contributed by atoms with E-state index < -0.39 is 14.5 Å². The molecule has 0 spiro atoms. The second kappa shape index (κ2) is 4.65. The summed E-state index contributed by atoms with van der Waals surface area (Å²) >= 11 is 37.8. The van der Waals surface area contributed by atoms with Crippen molar-refractivity contribution in [2.75, 3.05) is 14.1 Å². The monoisotopic (exact) mass is 400 g/mol. The van der Waals surface area contributed by atoms with Gasteiger partial charge < -0.3 is 0 Å². The molecule has 1 aliphatic heterocycles. The standard InChI is InChI=1S/C10H11Cl6N2P/c1-17-10(14,9(11,12)13)18(2)19(17,15,16)8-6-4-3-5-7-8/h3-7H,1-2H3. The Morgan fingerprint density at radius 1 is 1.00 bits per heavy atom. The van der Waals surface area contributed by atoms with Gasteiger partial charge in [-0.1, -0.05) is 0 Å². The molecule has 19 heavy (non-hydrogen) atoms. The van der Waals surface area contributed by atoms with Crippen molar-refractivity contribution in [3.63, 3.8) is 0 Å². The van der Waals surface area contributed by atoms with E-state index in [1.165, 1.54) is 0 Å². The molecule has 1 aromatic carbocycles. The molecule has 1 saturated heterocycles. The molecule has 1 fully saturated rings. The molecule has 0 unspecified atom stereocenters. The molecule has 0 aromatic heterocycles. The average Bonchev–Trinajstić information content (AvgIpc) is 2.36. The van der Waals surface area contributed by atoms with Crippen LogP contribution in [0.4, 0.5) is 0 Å². The van der Waals surface area contributed by atoms with Crippen molar-refractivity contribution in [3.05, 3.63) is 30.3 Å². The van der Waals surface area contributed by atoms with E-state index in [4.69, 9.17) is 68.9 Å². The van der Waals surface area contributed by atoms with E-state index in [0.717, 1.165) is 5.30 Å². The van der Waals surface area contributed by atoms with Crippen LogP contribution in [0.2, 0.25) is 0 Å². The fourth-order valence-electron chi connectivity index (χ4n) is 2.21. The molecule has 0 N–H and O–H groups in total. The predicted molar refractivity (Wildman–Crippen MR) is 89.1 cm³/mol. The van der Waals surface area contributed by atoms with Gasteiger partial charge in [0.15, 0.2) is 0 Å². The molecule has 0 radical (unpaired) electrons. The normalized spacial score (nSPS) is 33.2. The van der Waals surface area contributed by atoms with E-state index in [1.54, 1.807) is 23.4 Å². The van der Waals surface area contributed by atoms with Gasteiger partial charge in [-0.05, 0) is 0 Å². The van der Waals surface area contributed by atoms with E-state index in [9.17, 15) is 0 Å². The Labute approximate surface area is 142 Å². The van der Waals surface area contributed by atoms with Crippen LogP contribution in [0.15, 0.2) is 30.3 Å². The molecule has 1 aromatic rings. The van der Waals surface area contributed by atoms with Gasteiger partial charge in [-0.2, -0.15) is 0 Å².